The Hall–Kier alpha value is -2.91. The summed E-state index contributed by atoms with van der Waals surface area (Å²) in [5.74, 6) is -1.45. The lowest BCUT2D eigenvalue weighted by molar-refractivity contribution is -0.145. The highest BCUT2D eigenvalue weighted by atomic mass is 32.2. The quantitative estimate of drug-likeness (QED) is 0.170. The molecule has 0 aromatic heterocycles. The van der Waals surface area contributed by atoms with Crippen molar-refractivity contribution in [1.29, 1.82) is 0 Å². The lowest BCUT2D eigenvalue weighted by Crippen LogP contribution is -2.54. The van der Waals surface area contributed by atoms with Gasteiger partial charge >= 0.3 is 5.97 Å². The van der Waals surface area contributed by atoms with Crippen molar-refractivity contribution in [1.82, 2.24) is 10.0 Å². The van der Waals surface area contributed by atoms with E-state index in [4.69, 9.17) is 0 Å². The molecule has 1 heterocycles. The normalized spacial score (nSPS) is 17.1. The van der Waals surface area contributed by atoms with Gasteiger partial charge in [-0.25, -0.2) is 16.8 Å². The fourth-order valence-corrected chi connectivity index (χ4v) is 7.17. The van der Waals surface area contributed by atoms with Crippen LogP contribution in [0.2, 0.25) is 0 Å². The molecule has 0 bridgehead atoms. The predicted octanol–water partition coefficient (Wildman–Crippen LogP) is 2.61. The number of benzene rings is 2. The fourth-order valence-electron chi connectivity index (χ4n) is 5.17. The maximum atomic E-state index is 13.1. The fraction of sp³-hybridized carbons (Fsp3) is 0.536. The minimum Gasteiger partial charge on any atom is -0.506 e. The number of aliphatic hydroxyl groups is 1. The number of carbonyl (C=O) groups is 1. The van der Waals surface area contributed by atoms with Crippen molar-refractivity contribution in [2.45, 2.75) is 69.0 Å². The van der Waals surface area contributed by atoms with E-state index in [0.717, 1.165) is 24.8 Å². The first-order chi connectivity index (χ1) is 19.5. The van der Waals surface area contributed by atoms with Gasteiger partial charge in [0.15, 0.2) is 0 Å². The van der Waals surface area contributed by atoms with Crippen molar-refractivity contribution in [3.05, 3.63) is 48.0 Å². The number of nitrogens with zero attached hydrogens (tertiary/aromatic N) is 1. The predicted molar refractivity (Wildman–Crippen MR) is 162 cm³/mol. The molecule has 6 N–H and O–H groups in total. The zero-order chi connectivity index (χ0) is 31.3. The van der Waals surface area contributed by atoms with Gasteiger partial charge in [-0.1, -0.05) is 26.8 Å². The number of hydrogen-bond acceptors (Lipinski definition) is 9. The monoisotopic (exact) mass is 626 g/mol. The molecule has 1 aliphatic rings. The highest BCUT2D eigenvalue weighted by molar-refractivity contribution is 7.92. The number of aromatic hydroxyl groups is 1. The number of carboxylic acid groups (broad SMARTS) is 1. The molecule has 0 unspecified atom stereocenters. The first kappa shape index (κ1) is 33.6. The van der Waals surface area contributed by atoms with Gasteiger partial charge in [0.05, 0.1) is 22.9 Å². The Kier molecular flexibility index (Phi) is 10.9. The van der Waals surface area contributed by atoms with Crippen LogP contribution in [0.15, 0.2) is 47.4 Å². The van der Waals surface area contributed by atoms with Crippen LogP contribution in [0.25, 0.3) is 0 Å². The molecule has 14 heteroatoms. The highest BCUT2D eigenvalue weighted by Crippen LogP contribution is 2.29. The smallest absolute Gasteiger partial charge is 0.324 e. The van der Waals surface area contributed by atoms with Crippen molar-refractivity contribution in [2.24, 2.45) is 5.92 Å². The van der Waals surface area contributed by atoms with E-state index >= 15 is 0 Å². The van der Waals surface area contributed by atoms with Crippen LogP contribution in [0, 0.1) is 5.92 Å². The summed E-state index contributed by atoms with van der Waals surface area (Å²) in [7, 11) is -7.65. The van der Waals surface area contributed by atoms with Crippen LogP contribution >= 0.6 is 0 Å². The lowest BCUT2D eigenvalue weighted by Gasteiger charge is -2.34. The Balaban J connectivity index is 1.57. The van der Waals surface area contributed by atoms with E-state index in [1.165, 1.54) is 30.3 Å². The third-order valence-electron chi connectivity index (χ3n) is 7.41. The van der Waals surface area contributed by atoms with Gasteiger partial charge in [0.25, 0.3) is 0 Å². The zero-order valence-corrected chi connectivity index (χ0v) is 26.0. The number of hydrogen-bond donors (Lipinski definition) is 6. The highest BCUT2D eigenvalue weighted by Gasteiger charge is 2.41. The number of aliphatic carboxylic acids is 1. The second kappa shape index (κ2) is 13.6. The number of phenols is 1. The molecule has 0 amide bonds. The number of rotatable bonds is 14. The van der Waals surface area contributed by atoms with Gasteiger partial charge in [-0.2, -0.15) is 4.72 Å². The number of anilines is 2. The second-order valence-electron chi connectivity index (χ2n) is 11.3. The lowest BCUT2D eigenvalue weighted by atomic mass is 9.87. The second-order valence-corrected chi connectivity index (χ2v) is 14.7. The van der Waals surface area contributed by atoms with Crippen molar-refractivity contribution < 1.29 is 36.9 Å². The molecule has 0 aliphatic carbocycles. The SMILES string of the molecule is CC[C@@](CC(C)C)(NS(=O)(=O)c1ccc(N2CCC(NC[C@H](O)c3ccc(O)c(NS(C)(=O)=O)c3)CC2)cc1)C(=O)O. The molecule has 1 aliphatic heterocycles. The number of piperidine rings is 1. The van der Waals surface area contributed by atoms with Gasteiger partial charge in [-0.3, -0.25) is 9.52 Å². The van der Waals surface area contributed by atoms with Crippen LogP contribution < -0.4 is 19.7 Å². The minimum atomic E-state index is -4.06. The number of sulfonamides is 2. The molecule has 12 nitrogen and oxygen atoms in total. The zero-order valence-electron chi connectivity index (χ0n) is 24.4. The maximum Gasteiger partial charge on any atom is 0.324 e. The standard InChI is InChI=1S/C28H42N4O8S2/c1-5-28(27(35)36,17-19(2)3)31-42(39,40)23-9-7-22(8-10-23)32-14-12-21(13-15-32)29-18-26(34)20-6-11-25(33)24(16-20)30-41(4,37)38/h6-11,16,19,21,26,29-31,33-34H,5,12-15,17-18H2,1-4H3,(H,35,36)/t26-,28-/m0/s1. The Morgan fingerprint density at radius 3 is 2.21 bits per heavy atom. The van der Waals surface area contributed by atoms with Crippen LogP contribution in [-0.2, 0) is 24.8 Å². The van der Waals surface area contributed by atoms with Crippen LogP contribution in [0.4, 0.5) is 11.4 Å². The van der Waals surface area contributed by atoms with Gasteiger partial charge in [-0.15, -0.1) is 0 Å². The third kappa shape index (κ3) is 8.80. The topological polar surface area (TPSA) is 185 Å². The van der Waals surface area contributed by atoms with E-state index in [9.17, 15) is 36.9 Å². The molecule has 2 aromatic rings. The van der Waals surface area contributed by atoms with Crippen LogP contribution in [0.5, 0.6) is 5.75 Å². The number of phenolic OH excluding ortho intramolecular Hbond substituents is 1. The van der Waals surface area contributed by atoms with Crippen molar-refractivity contribution in [3.8, 4) is 5.75 Å². The van der Waals surface area contributed by atoms with Gasteiger partial charge < -0.3 is 25.5 Å². The van der Waals surface area contributed by atoms with E-state index in [0.29, 0.717) is 18.7 Å². The summed E-state index contributed by atoms with van der Waals surface area (Å²) < 4.78 is 53.9. The molecule has 234 valence electrons. The molecule has 0 saturated carbocycles. The summed E-state index contributed by atoms with van der Waals surface area (Å²) in [6.45, 7) is 7.00. The van der Waals surface area contributed by atoms with Gasteiger partial charge in [-0.05, 0) is 73.6 Å². The summed E-state index contributed by atoms with van der Waals surface area (Å²) in [6, 6.07) is 10.8. The molecule has 2 aromatic carbocycles. The Morgan fingerprint density at radius 2 is 1.69 bits per heavy atom. The van der Waals surface area contributed by atoms with E-state index in [1.54, 1.807) is 19.1 Å². The van der Waals surface area contributed by atoms with E-state index in [2.05, 4.69) is 19.7 Å². The van der Waals surface area contributed by atoms with Crippen molar-refractivity contribution in [2.75, 3.05) is 35.5 Å². The molecule has 2 atom stereocenters. The first-order valence-electron chi connectivity index (χ1n) is 13.9. The number of carboxylic acids is 1. The van der Waals surface area contributed by atoms with Crippen molar-refractivity contribution >= 4 is 37.4 Å². The Bertz CT molecular complexity index is 1440. The minimum absolute atomic E-state index is 0.000844. The molecule has 42 heavy (non-hydrogen) atoms. The summed E-state index contributed by atoms with van der Waals surface area (Å²) in [5, 5.41) is 33.7. The van der Waals surface area contributed by atoms with Crippen LogP contribution in [0.1, 0.15) is 58.1 Å². The van der Waals surface area contributed by atoms with Crippen LogP contribution in [0.3, 0.4) is 0 Å². The first-order valence-corrected chi connectivity index (χ1v) is 17.3. The molecular formula is C28H42N4O8S2. The third-order valence-corrected chi connectivity index (χ3v) is 9.55. The summed E-state index contributed by atoms with van der Waals surface area (Å²) in [4.78, 5) is 14.2. The van der Waals surface area contributed by atoms with E-state index in [1.807, 2.05) is 13.8 Å². The Morgan fingerprint density at radius 1 is 1.07 bits per heavy atom. The largest absolute Gasteiger partial charge is 0.506 e. The Labute approximate surface area is 248 Å². The molecule has 3 rings (SSSR count). The molecule has 0 spiro atoms. The molecule has 1 saturated heterocycles. The van der Waals surface area contributed by atoms with Crippen molar-refractivity contribution in [3.63, 3.8) is 0 Å². The molecule has 1 fully saturated rings. The average molecular weight is 627 g/mol. The molecular weight excluding hydrogens is 584 g/mol. The summed E-state index contributed by atoms with van der Waals surface area (Å²) in [5.41, 5.74) is -0.271. The summed E-state index contributed by atoms with van der Waals surface area (Å²) in [6.07, 6.45) is 1.90. The maximum absolute atomic E-state index is 13.1. The van der Waals surface area contributed by atoms with Crippen LogP contribution in [-0.4, -0.2) is 75.6 Å². The number of aliphatic hydroxyl groups excluding tert-OH is 1. The molecule has 0 radical (unpaired) electrons. The van der Waals surface area contributed by atoms with Gasteiger partial charge in [0, 0.05) is 31.4 Å². The average Bonchev–Trinajstić information content (AvgIpc) is 2.91. The van der Waals surface area contributed by atoms with E-state index < -0.39 is 37.7 Å². The summed E-state index contributed by atoms with van der Waals surface area (Å²) >= 11 is 0. The van der Waals surface area contributed by atoms with Gasteiger partial charge in [0.2, 0.25) is 20.0 Å². The number of nitrogens with one attached hydrogen (secondary N) is 3. The van der Waals surface area contributed by atoms with E-state index in [-0.39, 0.29) is 47.7 Å². The van der Waals surface area contributed by atoms with Gasteiger partial charge in [0.1, 0.15) is 11.3 Å².